The summed E-state index contributed by atoms with van der Waals surface area (Å²) >= 11 is 0. The Morgan fingerprint density at radius 3 is 2.42 bits per heavy atom. The number of carbonyl (C=O) groups is 2. The summed E-state index contributed by atoms with van der Waals surface area (Å²) in [6.07, 6.45) is 1.41. The van der Waals surface area contributed by atoms with Crippen molar-refractivity contribution >= 4 is 17.6 Å². The van der Waals surface area contributed by atoms with E-state index in [-0.39, 0.29) is 23.5 Å². The molecule has 0 atom stereocenters. The van der Waals surface area contributed by atoms with Crippen molar-refractivity contribution in [3.05, 3.63) is 58.0 Å². The zero-order chi connectivity index (χ0) is 19.1. The van der Waals surface area contributed by atoms with Crippen molar-refractivity contribution in [2.45, 2.75) is 0 Å². The van der Waals surface area contributed by atoms with Crippen molar-refractivity contribution in [3.8, 4) is 5.75 Å². The summed E-state index contributed by atoms with van der Waals surface area (Å²) in [7, 11) is 4.37. The fraction of sp³-hybridized carbons (Fsp3) is 0.278. The second-order valence-electron chi connectivity index (χ2n) is 5.36. The maximum atomic E-state index is 12.6. The Morgan fingerprint density at radius 1 is 1.12 bits per heavy atom. The van der Waals surface area contributed by atoms with Crippen LogP contribution in [-0.2, 0) is 16.5 Å². The Bertz CT molecular complexity index is 842. The number of benzene rings is 1. The van der Waals surface area contributed by atoms with Gasteiger partial charge >= 0.3 is 5.97 Å². The predicted octanol–water partition coefficient (Wildman–Crippen LogP) is 1.45. The van der Waals surface area contributed by atoms with Crippen LogP contribution in [0.3, 0.4) is 0 Å². The summed E-state index contributed by atoms with van der Waals surface area (Å²) in [6, 6.07) is 7.50. The van der Waals surface area contributed by atoms with E-state index in [1.807, 2.05) is 0 Å². The number of nitrogens with one attached hydrogen (secondary N) is 1. The van der Waals surface area contributed by atoms with Crippen molar-refractivity contribution < 1.29 is 23.8 Å². The average molecular weight is 360 g/mol. The summed E-state index contributed by atoms with van der Waals surface area (Å²) in [5.74, 6) is -0.734. The lowest BCUT2D eigenvalue weighted by atomic mass is 10.2. The highest BCUT2D eigenvalue weighted by molar-refractivity contribution is 6.06. The van der Waals surface area contributed by atoms with Crippen molar-refractivity contribution in [1.82, 2.24) is 4.57 Å². The summed E-state index contributed by atoms with van der Waals surface area (Å²) in [5.41, 5.74) is 0.771. The second kappa shape index (κ2) is 8.82. The minimum atomic E-state index is -0.463. The largest absolute Gasteiger partial charge is 0.490 e. The molecular formula is C18H20N2O6. The average Bonchev–Trinajstić information content (AvgIpc) is 2.64. The van der Waals surface area contributed by atoms with E-state index in [1.165, 1.54) is 43.2 Å². The van der Waals surface area contributed by atoms with E-state index in [4.69, 9.17) is 9.47 Å². The third-order valence-corrected chi connectivity index (χ3v) is 3.54. The van der Waals surface area contributed by atoms with Crippen LogP contribution in [0.4, 0.5) is 5.69 Å². The van der Waals surface area contributed by atoms with Gasteiger partial charge in [-0.15, -0.1) is 0 Å². The number of esters is 1. The molecule has 0 radical (unpaired) electrons. The first-order chi connectivity index (χ1) is 12.5. The highest BCUT2D eigenvalue weighted by atomic mass is 16.5. The van der Waals surface area contributed by atoms with Gasteiger partial charge < -0.3 is 24.1 Å². The predicted molar refractivity (Wildman–Crippen MR) is 94.8 cm³/mol. The number of anilines is 1. The number of ether oxygens (including phenoxy) is 3. The van der Waals surface area contributed by atoms with Gasteiger partial charge in [-0.3, -0.25) is 9.59 Å². The number of hydrogen-bond acceptors (Lipinski definition) is 6. The lowest BCUT2D eigenvalue weighted by Gasteiger charge is -2.13. The van der Waals surface area contributed by atoms with Gasteiger partial charge in [0, 0.05) is 32.1 Å². The van der Waals surface area contributed by atoms with Crippen molar-refractivity contribution in [2.75, 3.05) is 32.8 Å². The van der Waals surface area contributed by atoms with Gasteiger partial charge in [0.05, 0.1) is 24.8 Å². The summed E-state index contributed by atoms with van der Waals surface area (Å²) in [6.45, 7) is 0.531. The molecule has 1 amide bonds. The molecule has 138 valence electrons. The number of carbonyl (C=O) groups excluding carboxylic acids is 2. The van der Waals surface area contributed by atoms with Crippen LogP contribution in [0.25, 0.3) is 0 Å². The van der Waals surface area contributed by atoms with E-state index in [1.54, 1.807) is 19.2 Å². The number of rotatable bonds is 7. The maximum absolute atomic E-state index is 12.6. The molecular weight excluding hydrogens is 340 g/mol. The van der Waals surface area contributed by atoms with Crippen LogP contribution in [0, 0.1) is 0 Å². The third kappa shape index (κ3) is 4.70. The van der Waals surface area contributed by atoms with Gasteiger partial charge in [0.25, 0.3) is 11.5 Å². The van der Waals surface area contributed by atoms with Crippen LogP contribution >= 0.6 is 0 Å². The highest BCUT2D eigenvalue weighted by Crippen LogP contribution is 2.18. The number of hydrogen-bond donors (Lipinski definition) is 1. The lowest BCUT2D eigenvalue weighted by molar-refractivity contribution is 0.0600. The van der Waals surface area contributed by atoms with Crippen LogP contribution in [0.5, 0.6) is 5.75 Å². The van der Waals surface area contributed by atoms with Crippen LogP contribution in [0.1, 0.15) is 20.7 Å². The molecule has 0 aliphatic rings. The summed E-state index contributed by atoms with van der Waals surface area (Å²) < 4.78 is 16.3. The standard InChI is InChI=1S/C18H20N2O6/c1-20-11-14(15(10-16(20)21)26-9-8-24-2)17(22)19-13-6-4-12(5-7-13)18(23)25-3/h4-7,10-11H,8-9H2,1-3H3,(H,19,22). The van der Waals surface area contributed by atoms with Gasteiger partial charge in [0.15, 0.2) is 0 Å². The molecule has 1 N–H and O–H groups in total. The van der Waals surface area contributed by atoms with Gasteiger partial charge in [-0.25, -0.2) is 4.79 Å². The van der Waals surface area contributed by atoms with Crippen molar-refractivity contribution in [1.29, 1.82) is 0 Å². The first-order valence-corrected chi connectivity index (χ1v) is 7.78. The van der Waals surface area contributed by atoms with Crippen molar-refractivity contribution in [3.63, 3.8) is 0 Å². The van der Waals surface area contributed by atoms with Gasteiger partial charge in [0.2, 0.25) is 0 Å². The summed E-state index contributed by atoms with van der Waals surface area (Å²) in [5, 5.41) is 2.70. The molecule has 2 aromatic rings. The van der Waals surface area contributed by atoms with E-state index in [2.05, 4.69) is 10.1 Å². The molecule has 8 heteroatoms. The monoisotopic (exact) mass is 360 g/mol. The Hall–Kier alpha value is -3.13. The molecule has 0 saturated carbocycles. The fourth-order valence-corrected chi connectivity index (χ4v) is 2.14. The molecule has 0 saturated heterocycles. The normalized spacial score (nSPS) is 10.3. The highest BCUT2D eigenvalue weighted by Gasteiger charge is 2.16. The van der Waals surface area contributed by atoms with E-state index >= 15 is 0 Å². The SMILES string of the molecule is COCCOc1cc(=O)n(C)cc1C(=O)Nc1ccc(C(=O)OC)cc1. The first-order valence-electron chi connectivity index (χ1n) is 7.78. The minimum Gasteiger partial charge on any atom is -0.490 e. The first kappa shape index (κ1) is 19.2. The Labute approximate surface area is 150 Å². The van der Waals surface area contributed by atoms with Gasteiger partial charge in [0.1, 0.15) is 12.4 Å². The molecule has 0 unspecified atom stereocenters. The number of nitrogens with zero attached hydrogens (tertiary/aromatic N) is 1. The Morgan fingerprint density at radius 2 is 1.81 bits per heavy atom. The third-order valence-electron chi connectivity index (χ3n) is 3.54. The Balaban J connectivity index is 2.21. The van der Waals surface area contributed by atoms with E-state index in [9.17, 15) is 14.4 Å². The molecule has 26 heavy (non-hydrogen) atoms. The van der Waals surface area contributed by atoms with Gasteiger partial charge in [-0.1, -0.05) is 0 Å². The maximum Gasteiger partial charge on any atom is 0.337 e. The molecule has 1 heterocycles. The molecule has 2 rings (SSSR count). The van der Waals surface area contributed by atoms with Crippen LogP contribution in [0.2, 0.25) is 0 Å². The number of aromatic nitrogens is 1. The summed E-state index contributed by atoms with van der Waals surface area (Å²) in [4.78, 5) is 35.8. The molecule has 0 aliphatic heterocycles. The van der Waals surface area contributed by atoms with E-state index in [0.717, 1.165) is 0 Å². The molecule has 0 spiro atoms. The quantitative estimate of drug-likeness (QED) is 0.593. The molecule has 0 bridgehead atoms. The van der Waals surface area contributed by atoms with E-state index in [0.29, 0.717) is 17.9 Å². The number of pyridine rings is 1. The molecule has 0 aliphatic carbocycles. The van der Waals surface area contributed by atoms with Crippen LogP contribution in [0.15, 0.2) is 41.3 Å². The topological polar surface area (TPSA) is 95.9 Å². The zero-order valence-electron chi connectivity index (χ0n) is 14.8. The van der Waals surface area contributed by atoms with Gasteiger partial charge in [-0.2, -0.15) is 0 Å². The second-order valence-corrected chi connectivity index (χ2v) is 5.36. The van der Waals surface area contributed by atoms with Crippen LogP contribution < -0.4 is 15.6 Å². The smallest absolute Gasteiger partial charge is 0.337 e. The van der Waals surface area contributed by atoms with E-state index < -0.39 is 11.9 Å². The zero-order valence-corrected chi connectivity index (χ0v) is 14.8. The minimum absolute atomic E-state index is 0.175. The Kier molecular flexibility index (Phi) is 6.51. The fourth-order valence-electron chi connectivity index (χ4n) is 2.14. The molecule has 1 aromatic heterocycles. The molecule has 1 aromatic carbocycles. The molecule has 8 nitrogen and oxygen atoms in total. The number of methoxy groups -OCH3 is 2. The van der Waals surface area contributed by atoms with Gasteiger partial charge in [-0.05, 0) is 24.3 Å². The number of amides is 1. The number of aryl methyl sites for hydroxylation is 1. The van der Waals surface area contributed by atoms with Crippen molar-refractivity contribution in [2.24, 2.45) is 7.05 Å². The molecule has 0 fully saturated rings. The van der Waals surface area contributed by atoms with Crippen LogP contribution in [-0.4, -0.2) is 43.9 Å². The lowest BCUT2D eigenvalue weighted by Crippen LogP contribution is -2.22.